The molecular weight excluding hydrogens is 276 g/mol. The Morgan fingerprint density at radius 2 is 2.25 bits per heavy atom. The molecule has 0 spiro atoms. The zero-order chi connectivity index (χ0) is 14.5. The summed E-state index contributed by atoms with van der Waals surface area (Å²) in [6.07, 6.45) is 3.67. The van der Waals surface area contributed by atoms with Crippen LogP contribution in [0.2, 0.25) is 0 Å². The normalized spacial score (nSPS) is 22.5. The van der Waals surface area contributed by atoms with Crippen molar-refractivity contribution in [3.8, 4) is 0 Å². The Kier molecular flexibility index (Phi) is 5.19. The maximum Gasteiger partial charge on any atom is 0.265 e. The minimum Gasteiger partial charge on any atom is -0.393 e. The van der Waals surface area contributed by atoms with Gasteiger partial charge in [-0.1, -0.05) is 24.2 Å². The smallest absolute Gasteiger partial charge is 0.265 e. The molecule has 20 heavy (non-hydrogen) atoms. The predicted octanol–water partition coefficient (Wildman–Crippen LogP) is 1.44. The lowest BCUT2D eigenvalue weighted by atomic mass is 9.86. The van der Waals surface area contributed by atoms with Crippen molar-refractivity contribution >= 4 is 28.2 Å². The summed E-state index contributed by atoms with van der Waals surface area (Å²) < 4.78 is 0. The van der Waals surface area contributed by atoms with Gasteiger partial charge in [-0.3, -0.25) is 4.79 Å². The van der Waals surface area contributed by atoms with Crippen LogP contribution < -0.4 is 16.4 Å². The molecule has 0 bridgehead atoms. The first kappa shape index (κ1) is 15.1. The Labute approximate surface area is 122 Å². The summed E-state index contributed by atoms with van der Waals surface area (Å²) in [5.41, 5.74) is 5.76. The molecule has 1 aromatic rings. The van der Waals surface area contributed by atoms with E-state index in [1.807, 2.05) is 6.92 Å². The summed E-state index contributed by atoms with van der Waals surface area (Å²) in [5, 5.41) is 16.4. The lowest BCUT2D eigenvalue weighted by molar-refractivity contribution is 0.0664. The number of carbonyl (C=O) groups is 1. The minimum absolute atomic E-state index is 0.148. The Balaban J connectivity index is 1.91. The first-order chi connectivity index (χ1) is 9.61. The minimum atomic E-state index is -0.305. The number of aliphatic hydroxyl groups excluding tert-OH is 1. The lowest BCUT2D eigenvalue weighted by Gasteiger charge is -2.27. The monoisotopic (exact) mass is 298 g/mol. The maximum absolute atomic E-state index is 12.1. The third-order valence-corrected chi connectivity index (χ3v) is 4.61. The van der Waals surface area contributed by atoms with E-state index in [-0.39, 0.29) is 23.7 Å². The van der Waals surface area contributed by atoms with Crippen molar-refractivity contribution in [2.24, 2.45) is 5.92 Å². The van der Waals surface area contributed by atoms with Gasteiger partial charge in [-0.2, -0.15) is 0 Å². The molecule has 112 valence electrons. The highest BCUT2D eigenvalue weighted by molar-refractivity contribution is 7.18. The topological polar surface area (TPSA) is 100 Å². The number of amides is 1. The number of carbonyl (C=O) groups excluding carboxylic acids is 1. The van der Waals surface area contributed by atoms with Gasteiger partial charge in [0.05, 0.1) is 6.10 Å². The van der Waals surface area contributed by atoms with E-state index in [1.165, 1.54) is 11.3 Å². The molecule has 0 radical (unpaired) electrons. The zero-order valence-electron chi connectivity index (χ0n) is 11.7. The largest absolute Gasteiger partial charge is 0.393 e. The Morgan fingerprint density at radius 1 is 1.50 bits per heavy atom. The molecule has 1 aliphatic carbocycles. The summed E-state index contributed by atoms with van der Waals surface area (Å²) in [4.78, 5) is 16.6. The van der Waals surface area contributed by atoms with E-state index >= 15 is 0 Å². The fourth-order valence-electron chi connectivity index (χ4n) is 2.45. The number of aliphatic hydroxyl groups is 1. The third kappa shape index (κ3) is 3.61. The fraction of sp³-hybridized carbons (Fsp3) is 0.692. The molecule has 5 N–H and O–H groups in total. The van der Waals surface area contributed by atoms with Crippen LogP contribution in [0, 0.1) is 5.92 Å². The highest BCUT2D eigenvalue weighted by Crippen LogP contribution is 2.26. The van der Waals surface area contributed by atoms with Gasteiger partial charge in [-0.15, -0.1) is 0 Å². The molecule has 2 atom stereocenters. The zero-order valence-corrected chi connectivity index (χ0v) is 12.5. The molecule has 1 saturated carbocycles. The number of anilines is 2. The average molecular weight is 298 g/mol. The summed E-state index contributed by atoms with van der Waals surface area (Å²) >= 11 is 1.26. The van der Waals surface area contributed by atoms with Crippen LogP contribution in [-0.2, 0) is 0 Å². The second-order valence-electron chi connectivity index (χ2n) is 5.09. The van der Waals surface area contributed by atoms with Gasteiger partial charge in [-0.25, -0.2) is 4.98 Å². The number of thiazole rings is 1. The van der Waals surface area contributed by atoms with Crippen molar-refractivity contribution in [3.63, 3.8) is 0 Å². The molecule has 2 rings (SSSR count). The predicted molar refractivity (Wildman–Crippen MR) is 81.0 cm³/mol. The molecular formula is C13H22N4O2S. The van der Waals surface area contributed by atoms with Crippen LogP contribution in [0.4, 0.5) is 10.9 Å². The second-order valence-corrected chi connectivity index (χ2v) is 6.08. The lowest BCUT2D eigenvalue weighted by Crippen LogP contribution is -2.36. The Hall–Kier alpha value is -1.34. The van der Waals surface area contributed by atoms with Gasteiger partial charge in [0, 0.05) is 19.0 Å². The van der Waals surface area contributed by atoms with Crippen molar-refractivity contribution in [1.29, 1.82) is 0 Å². The van der Waals surface area contributed by atoms with Crippen LogP contribution in [0.15, 0.2) is 0 Å². The molecule has 1 aromatic heterocycles. The summed E-state index contributed by atoms with van der Waals surface area (Å²) in [6.45, 7) is 3.19. The molecule has 0 saturated heterocycles. The van der Waals surface area contributed by atoms with E-state index in [0.29, 0.717) is 16.6 Å². The van der Waals surface area contributed by atoms with Crippen LogP contribution in [0.1, 0.15) is 42.3 Å². The van der Waals surface area contributed by atoms with Crippen molar-refractivity contribution in [1.82, 2.24) is 10.3 Å². The standard InChI is InChI=1S/C13H22N4O2S/c1-2-15-13-17-11(14)10(20-13)12(19)16-7-8-5-3-4-6-9(8)18/h8-9,18H,2-7,14H2,1H3,(H,15,17)(H,16,19). The molecule has 0 aliphatic heterocycles. The number of hydrogen-bond donors (Lipinski definition) is 4. The molecule has 1 amide bonds. The van der Waals surface area contributed by atoms with Crippen LogP contribution in [0.25, 0.3) is 0 Å². The van der Waals surface area contributed by atoms with E-state index in [0.717, 1.165) is 32.2 Å². The summed E-state index contributed by atoms with van der Waals surface area (Å²) in [5.74, 6) is 0.199. The van der Waals surface area contributed by atoms with Crippen molar-refractivity contribution in [2.45, 2.75) is 38.7 Å². The van der Waals surface area contributed by atoms with E-state index in [2.05, 4.69) is 15.6 Å². The quantitative estimate of drug-likeness (QED) is 0.659. The van der Waals surface area contributed by atoms with Gasteiger partial charge in [0.2, 0.25) is 0 Å². The Bertz CT molecular complexity index is 463. The van der Waals surface area contributed by atoms with Crippen molar-refractivity contribution in [3.05, 3.63) is 4.88 Å². The summed E-state index contributed by atoms with van der Waals surface area (Å²) in [7, 11) is 0. The average Bonchev–Trinajstić information content (AvgIpc) is 2.79. The molecule has 7 heteroatoms. The Morgan fingerprint density at radius 3 is 2.95 bits per heavy atom. The van der Waals surface area contributed by atoms with E-state index in [4.69, 9.17) is 5.73 Å². The van der Waals surface area contributed by atoms with Gasteiger partial charge in [0.1, 0.15) is 10.7 Å². The van der Waals surface area contributed by atoms with Gasteiger partial charge in [0.15, 0.2) is 5.13 Å². The molecule has 1 aliphatic rings. The van der Waals surface area contributed by atoms with Crippen LogP contribution in [0.3, 0.4) is 0 Å². The van der Waals surface area contributed by atoms with Gasteiger partial charge >= 0.3 is 0 Å². The fourth-order valence-corrected chi connectivity index (χ4v) is 3.32. The number of rotatable bonds is 5. The van der Waals surface area contributed by atoms with E-state index < -0.39 is 0 Å². The van der Waals surface area contributed by atoms with E-state index in [1.54, 1.807) is 0 Å². The van der Waals surface area contributed by atoms with Gasteiger partial charge in [0.25, 0.3) is 5.91 Å². The number of aromatic nitrogens is 1. The number of nitrogens with one attached hydrogen (secondary N) is 2. The molecule has 6 nitrogen and oxygen atoms in total. The number of hydrogen-bond acceptors (Lipinski definition) is 6. The highest BCUT2D eigenvalue weighted by Gasteiger charge is 2.24. The van der Waals surface area contributed by atoms with Crippen LogP contribution in [-0.4, -0.2) is 35.2 Å². The first-order valence-corrected chi connectivity index (χ1v) is 7.90. The molecule has 2 unspecified atom stereocenters. The van der Waals surface area contributed by atoms with Gasteiger partial charge in [-0.05, 0) is 19.8 Å². The maximum atomic E-state index is 12.1. The third-order valence-electron chi connectivity index (χ3n) is 3.58. The summed E-state index contributed by atoms with van der Waals surface area (Å²) in [6, 6.07) is 0. The highest BCUT2D eigenvalue weighted by atomic mass is 32.1. The number of nitrogen functional groups attached to an aromatic ring is 1. The van der Waals surface area contributed by atoms with Crippen molar-refractivity contribution < 1.29 is 9.90 Å². The SMILES string of the molecule is CCNc1nc(N)c(C(=O)NCC2CCCCC2O)s1. The number of nitrogens with zero attached hydrogens (tertiary/aromatic N) is 1. The van der Waals surface area contributed by atoms with Crippen LogP contribution in [0.5, 0.6) is 0 Å². The van der Waals surface area contributed by atoms with Crippen LogP contribution >= 0.6 is 11.3 Å². The second kappa shape index (κ2) is 6.90. The molecule has 1 heterocycles. The first-order valence-electron chi connectivity index (χ1n) is 7.08. The molecule has 0 aromatic carbocycles. The van der Waals surface area contributed by atoms with Crippen molar-refractivity contribution in [2.75, 3.05) is 24.1 Å². The van der Waals surface area contributed by atoms with Gasteiger partial charge < -0.3 is 21.5 Å². The molecule has 1 fully saturated rings. The van der Waals surface area contributed by atoms with E-state index in [9.17, 15) is 9.90 Å². The number of nitrogens with two attached hydrogens (primary N) is 1.